The number of likely N-dealkylation sites (tertiary alicyclic amines) is 1. The number of nitrogens with two attached hydrogens (primary N) is 1. The first-order valence-corrected chi connectivity index (χ1v) is 17.7. The third kappa shape index (κ3) is 7.88. The standard InChI is InChI=1S/C30H34N6O12S2/c1-16-25-24(17(2)37)28(38)34(25)26(29(39)47-14-18-3-7-20(8-4-18)35(41)42)27(16)49-23-11-22(12-32-50(31,45)46)33(13-23)30(40)48-15-19-5-9-21(10-6-19)36(43)44/h3-10,16-17,22-25,32,37H,11-15H2,1-2H3,(H2,31,45,46)/t16?,17?,22?,23?,24?,25-/m0/s1. The quantitative estimate of drug-likeness (QED) is 0.115. The van der Waals surface area contributed by atoms with Crippen LogP contribution in [0.4, 0.5) is 16.2 Å². The van der Waals surface area contributed by atoms with Crippen molar-refractivity contribution in [2.75, 3.05) is 13.1 Å². The maximum atomic E-state index is 13.6. The van der Waals surface area contributed by atoms with Crippen molar-refractivity contribution in [3.8, 4) is 0 Å². The number of carbonyl (C=O) groups is 3. The number of benzene rings is 2. The van der Waals surface area contributed by atoms with Crippen LogP contribution in [0.5, 0.6) is 0 Å². The molecule has 5 rings (SSSR count). The van der Waals surface area contributed by atoms with Gasteiger partial charge in [0.15, 0.2) is 0 Å². The van der Waals surface area contributed by atoms with Crippen LogP contribution >= 0.6 is 11.8 Å². The van der Waals surface area contributed by atoms with Gasteiger partial charge < -0.3 is 24.4 Å². The van der Waals surface area contributed by atoms with Gasteiger partial charge in [0.25, 0.3) is 21.6 Å². The van der Waals surface area contributed by atoms with Crippen molar-refractivity contribution in [1.29, 1.82) is 0 Å². The van der Waals surface area contributed by atoms with Crippen LogP contribution < -0.4 is 9.86 Å². The summed E-state index contributed by atoms with van der Waals surface area (Å²) in [7, 11) is -4.12. The maximum absolute atomic E-state index is 13.6. The summed E-state index contributed by atoms with van der Waals surface area (Å²) in [5, 5.41) is 37.0. The minimum atomic E-state index is -4.12. The second kappa shape index (κ2) is 14.7. The van der Waals surface area contributed by atoms with E-state index < -0.39 is 73.3 Å². The number of non-ortho nitro benzene ring substituents is 2. The highest BCUT2D eigenvalue weighted by molar-refractivity contribution is 8.03. The second-order valence-electron chi connectivity index (χ2n) is 12.1. The van der Waals surface area contributed by atoms with Gasteiger partial charge in [0, 0.05) is 59.5 Å². The Morgan fingerprint density at radius 1 is 1.04 bits per heavy atom. The highest BCUT2D eigenvalue weighted by atomic mass is 32.2. The number of fused-ring (bicyclic) bond motifs is 1. The monoisotopic (exact) mass is 734 g/mol. The Bertz CT molecular complexity index is 1820. The highest BCUT2D eigenvalue weighted by Crippen LogP contribution is 2.52. The molecule has 0 aromatic heterocycles. The Morgan fingerprint density at radius 2 is 1.58 bits per heavy atom. The number of nitrogens with one attached hydrogen (secondary N) is 1. The molecule has 2 aromatic rings. The largest absolute Gasteiger partial charge is 0.456 e. The molecule has 268 valence electrons. The van der Waals surface area contributed by atoms with E-state index in [0.29, 0.717) is 16.0 Å². The van der Waals surface area contributed by atoms with Crippen molar-refractivity contribution in [1.82, 2.24) is 14.5 Å². The van der Waals surface area contributed by atoms with Gasteiger partial charge >= 0.3 is 12.1 Å². The SMILES string of the molecule is CC(O)C1C(=O)N2C(C(=O)OCc3ccc([N+](=O)[O-])cc3)=C(SC3CC(CNS(N)(=O)=O)N(C(=O)OCc4ccc([N+](=O)[O-])cc4)C3)C(C)[C@@H]12. The first-order valence-electron chi connectivity index (χ1n) is 15.3. The number of β-lactam (4-membered cyclic amide) rings is 1. The van der Waals surface area contributed by atoms with E-state index in [9.17, 15) is 48.1 Å². The molecule has 50 heavy (non-hydrogen) atoms. The second-order valence-corrected chi connectivity index (χ2v) is 14.8. The number of aliphatic hydroxyl groups is 1. The Morgan fingerprint density at radius 3 is 2.08 bits per heavy atom. The zero-order valence-corrected chi connectivity index (χ0v) is 28.4. The maximum Gasteiger partial charge on any atom is 0.410 e. The van der Waals surface area contributed by atoms with Gasteiger partial charge in [-0.05, 0) is 48.7 Å². The summed E-state index contributed by atoms with van der Waals surface area (Å²) >= 11 is 1.23. The number of rotatable bonds is 13. The molecular weight excluding hydrogens is 700 g/mol. The summed E-state index contributed by atoms with van der Waals surface area (Å²) in [6, 6.07) is 9.60. The molecule has 6 atom stereocenters. The van der Waals surface area contributed by atoms with Gasteiger partial charge in [-0.3, -0.25) is 25.0 Å². The van der Waals surface area contributed by atoms with Gasteiger partial charge in [0.2, 0.25) is 5.91 Å². The first-order chi connectivity index (χ1) is 23.6. The van der Waals surface area contributed by atoms with E-state index in [-0.39, 0.29) is 49.8 Å². The van der Waals surface area contributed by atoms with Crippen molar-refractivity contribution in [2.24, 2.45) is 17.0 Å². The molecule has 5 unspecified atom stereocenters. The van der Waals surface area contributed by atoms with E-state index in [2.05, 4.69) is 4.72 Å². The van der Waals surface area contributed by atoms with Crippen LogP contribution in [0.25, 0.3) is 0 Å². The third-order valence-corrected chi connectivity index (χ3v) is 10.8. The Hall–Kier alpha value is -4.63. The summed E-state index contributed by atoms with van der Waals surface area (Å²) < 4.78 is 36.6. The first kappa shape index (κ1) is 36.6. The summed E-state index contributed by atoms with van der Waals surface area (Å²) in [5.74, 6) is -2.44. The predicted molar refractivity (Wildman–Crippen MR) is 176 cm³/mol. The van der Waals surface area contributed by atoms with E-state index >= 15 is 0 Å². The van der Waals surface area contributed by atoms with Gasteiger partial charge in [0.05, 0.1) is 27.9 Å². The van der Waals surface area contributed by atoms with Gasteiger partial charge in [-0.2, -0.15) is 8.42 Å². The number of thioether (sulfide) groups is 1. The molecule has 3 aliphatic rings. The van der Waals surface area contributed by atoms with Crippen LogP contribution in [-0.2, 0) is 42.5 Å². The average Bonchev–Trinajstić information content (AvgIpc) is 3.57. The van der Waals surface area contributed by atoms with Gasteiger partial charge in [0.1, 0.15) is 18.9 Å². The van der Waals surface area contributed by atoms with Crippen LogP contribution in [0.1, 0.15) is 31.4 Å². The fraction of sp³-hybridized carbons (Fsp3) is 0.433. The number of aliphatic hydroxyl groups excluding tert-OH is 1. The molecular formula is C30H34N6O12S2. The lowest BCUT2D eigenvalue weighted by atomic mass is 9.79. The van der Waals surface area contributed by atoms with Crippen molar-refractivity contribution >= 4 is 51.3 Å². The van der Waals surface area contributed by atoms with Crippen LogP contribution in [0.3, 0.4) is 0 Å². The Kier molecular flexibility index (Phi) is 10.8. The van der Waals surface area contributed by atoms with Gasteiger partial charge in [-0.1, -0.05) is 6.92 Å². The third-order valence-electron chi connectivity index (χ3n) is 8.75. The number of hydrogen-bond acceptors (Lipinski definition) is 13. The molecule has 2 amide bonds. The number of carbonyl (C=O) groups excluding carboxylic acids is 3. The number of nitrogens with zero attached hydrogens (tertiary/aromatic N) is 4. The van der Waals surface area contributed by atoms with E-state index in [1.807, 2.05) is 6.92 Å². The molecule has 20 heteroatoms. The molecule has 4 N–H and O–H groups in total. The van der Waals surface area contributed by atoms with Gasteiger partial charge in [-0.25, -0.2) is 19.5 Å². The van der Waals surface area contributed by atoms with E-state index in [4.69, 9.17) is 14.6 Å². The van der Waals surface area contributed by atoms with Crippen LogP contribution in [0.15, 0.2) is 59.1 Å². The molecule has 0 saturated carbocycles. The van der Waals surface area contributed by atoms with Crippen LogP contribution in [-0.4, -0.2) is 87.7 Å². The molecule has 2 fully saturated rings. The molecule has 0 aliphatic carbocycles. The van der Waals surface area contributed by atoms with E-state index in [1.165, 1.54) is 77.0 Å². The lowest BCUT2D eigenvalue weighted by Gasteiger charge is -2.46. The Labute approximate surface area is 290 Å². The number of nitro benzene ring substituents is 2. The smallest absolute Gasteiger partial charge is 0.410 e. The summed E-state index contributed by atoms with van der Waals surface area (Å²) in [4.78, 5) is 64.0. The Balaban J connectivity index is 1.35. The topological polar surface area (TPSA) is 255 Å². The molecule has 2 aromatic carbocycles. The number of hydrogen-bond donors (Lipinski definition) is 3. The number of esters is 1. The molecule has 0 bridgehead atoms. The van der Waals surface area contributed by atoms with Crippen molar-refractivity contribution in [3.63, 3.8) is 0 Å². The number of nitro groups is 2. The zero-order chi connectivity index (χ0) is 36.5. The summed E-state index contributed by atoms with van der Waals surface area (Å²) in [6.45, 7) is 2.67. The average molecular weight is 735 g/mol. The normalized spacial score (nSPS) is 23.7. The van der Waals surface area contributed by atoms with Gasteiger partial charge in [-0.15, -0.1) is 11.8 Å². The molecule has 0 spiro atoms. The molecule has 18 nitrogen and oxygen atoms in total. The minimum Gasteiger partial charge on any atom is -0.456 e. The van der Waals surface area contributed by atoms with Crippen LogP contribution in [0.2, 0.25) is 0 Å². The predicted octanol–water partition coefficient (Wildman–Crippen LogP) is 1.92. The zero-order valence-electron chi connectivity index (χ0n) is 26.7. The van der Waals surface area contributed by atoms with Crippen molar-refractivity contribution < 1.29 is 47.2 Å². The van der Waals surface area contributed by atoms with E-state index in [0.717, 1.165) is 0 Å². The molecule has 2 saturated heterocycles. The fourth-order valence-corrected chi connectivity index (χ4v) is 8.30. The van der Waals surface area contributed by atoms with Crippen LogP contribution in [0, 0.1) is 32.1 Å². The lowest BCUT2D eigenvalue weighted by Crippen LogP contribution is -2.63. The van der Waals surface area contributed by atoms with E-state index in [1.54, 1.807) is 0 Å². The minimum absolute atomic E-state index is 0.00489. The summed E-state index contributed by atoms with van der Waals surface area (Å²) in [6.07, 6.45) is -1.54. The summed E-state index contributed by atoms with van der Waals surface area (Å²) in [5.41, 5.74) is 0.682. The highest BCUT2D eigenvalue weighted by Gasteiger charge is 2.60. The lowest BCUT2D eigenvalue weighted by molar-refractivity contribution is -0.385. The van der Waals surface area contributed by atoms with Crippen molar-refractivity contribution in [3.05, 3.63) is 90.5 Å². The fourth-order valence-electron chi connectivity index (χ4n) is 6.31. The molecule has 3 aliphatic heterocycles. The molecule has 0 radical (unpaired) electrons. The van der Waals surface area contributed by atoms with Crippen molar-refractivity contribution in [2.45, 2.75) is 56.9 Å². The number of ether oxygens (including phenoxy) is 2. The molecule has 3 heterocycles. The number of amides is 2.